The van der Waals surface area contributed by atoms with Crippen molar-refractivity contribution in [3.05, 3.63) is 29.6 Å². The third-order valence-electron chi connectivity index (χ3n) is 2.02. The molecule has 86 valence electrons. The molecule has 0 aliphatic rings. The second-order valence-corrected chi connectivity index (χ2v) is 3.73. The normalized spacial score (nSPS) is 10.2. The summed E-state index contributed by atoms with van der Waals surface area (Å²) in [5.41, 5.74) is 0.726. The highest BCUT2D eigenvalue weighted by Gasteiger charge is 2.06. The Morgan fingerprint density at radius 3 is 2.88 bits per heavy atom. The smallest absolute Gasteiger partial charge is 0.174 e. The fraction of sp³-hybridized carbons (Fsp3) is 0.417. The highest BCUT2D eigenvalue weighted by atomic mass is 19.1. The van der Waals surface area contributed by atoms with Crippen molar-refractivity contribution in [3.63, 3.8) is 0 Å². The summed E-state index contributed by atoms with van der Waals surface area (Å²) < 4.78 is 18.3. The molecule has 1 rings (SSSR count). The standard InChI is InChI=1S/C12H15FN2O/c1-9(2)15-8-10-7-11(13)3-4-12(10)16-6-5-14/h3-4,7,9,15H,6,8H2,1-2H3. The minimum absolute atomic E-state index is 0.0275. The third kappa shape index (κ3) is 3.87. The zero-order valence-corrected chi connectivity index (χ0v) is 9.46. The molecule has 0 bridgehead atoms. The van der Waals surface area contributed by atoms with Crippen LogP contribution in [-0.2, 0) is 6.54 Å². The van der Waals surface area contributed by atoms with E-state index in [-0.39, 0.29) is 12.4 Å². The molecule has 0 aliphatic heterocycles. The molecule has 0 radical (unpaired) electrons. The van der Waals surface area contributed by atoms with Crippen LogP contribution in [-0.4, -0.2) is 12.6 Å². The summed E-state index contributed by atoms with van der Waals surface area (Å²) in [6, 6.07) is 6.49. The molecule has 0 heterocycles. The van der Waals surface area contributed by atoms with Gasteiger partial charge in [0.2, 0.25) is 0 Å². The van der Waals surface area contributed by atoms with E-state index in [2.05, 4.69) is 5.32 Å². The van der Waals surface area contributed by atoms with Crippen LogP contribution in [0.3, 0.4) is 0 Å². The Morgan fingerprint density at radius 2 is 2.25 bits per heavy atom. The predicted octanol–water partition coefficient (Wildman–Crippen LogP) is 2.23. The van der Waals surface area contributed by atoms with Crippen molar-refractivity contribution >= 4 is 0 Å². The van der Waals surface area contributed by atoms with Crippen LogP contribution in [0.5, 0.6) is 5.75 Å². The molecule has 0 aromatic heterocycles. The molecule has 0 unspecified atom stereocenters. The minimum atomic E-state index is -0.301. The lowest BCUT2D eigenvalue weighted by Gasteiger charge is -2.12. The summed E-state index contributed by atoms with van der Waals surface area (Å²) in [6.07, 6.45) is 0. The van der Waals surface area contributed by atoms with Crippen LogP contribution >= 0.6 is 0 Å². The van der Waals surface area contributed by atoms with Gasteiger partial charge in [-0.2, -0.15) is 5.26 Å². The van der Waals surface area contributed by atoms with Gasteiger partial charge in [-0.25, -0.2) is 4.39 Å². The van der Waals surface area contributed by atoms with Crippen molar-refractivity contribution < 1.29 is 9.13 Å². The van der Waals surface area contributed by atoms with Gasteiger partial charge in [0.15, 0.2) is 6.61 Å². The van der Waals surface area contributed by atoms with E-state index < -0.39 is 0 Å². The van der Waals surface area contributed by atoms with Crippen LogP contribution < -0.4 is 10.1 Å². The van der Waals surface area contributed by atoms with E-state index >= 15 is 0 Å². The number of ether oxygens (including phenoxy) is 1. The largest absolute Gasteiger partial charge is 0.478 e. The van der Waals surface area contributed by atoms with Crippen molar-refractivity contribution in [2.45, 2.75) is 26.4 Å². The summed E-state index contributed by atoms with van der Waals surface area (Å²) in [7, 11) is 0. The van der Waals surface area contributed by atoms with Crippen molar-refractivity contribution in [1.29, 1.82) is 5.26 Å². The second-order valence-electron chi connectivity index (χ2n) is 3.73. The first kappa shape index (κ1) is 12.5. The lowest BCUT2D eigenvalue weighted by atomic mass is 10.2. The quantitative estimate of drug-likeness (QED) is 0.830. The highest BCUT2D eigenvalue weighted by molar-refractivity contribution is 5.34. The molecule has 1 aromatic rings. The van der Waals surface area contributed by atoms with E-state index in [1.165, 1.54) is 12.1 Å². The van der Waals surface area contributed by atoms with E-state index in [9.17, 15) is 4.39 Å². The van der Waals surface area contributed by atoms with Gasteiger partial charge in [-0.1, -0.05) is 13.8 Å². The molecule has 0 aliphatic carbocycles. The average molecular weight is 222 g/mol. The van der Waals surface area contributed by atoms with Crippen molar-refractivity contribution in [2.75, 3.05) is 6.61 Å². The molecule has 16 heavy (non-hydrogen) atoms. The van der Waals surface area contributed by atoms with Crippen molar-refractivity contribution in [3.8, 4) is 11.8 Å². The van der Waals surface area contributed by atoms with Crippen LogP contribution in [0, 0.1) is 17.1 Å². The summed E-state index contributed by atoms with van der Waals surface area (Å²) >= 11 is 0. The van der Waals surface area contributed by atoms with Crippen LogP contribution in [0.4, 0.5) is 4.39 Å². The molecule has 1 aromatic carbocycles. The van der Waals surface area contributed by atoms with Gasteiger partial charge in [-0.3, -0.25) is 0 Å². The Kier molecular flexibility index (Phi) is 4.74. The molecule has 1 N–H and O–H groups in total. The molecule has 0 saturated carbocycles. The number of halogens is 1. The first-order valence-electron chi connectivity index (χ1n) is 5.15. The van der Waals surface area contributed by atoms with Gasteiger partial charge in [0, 0.05) is 18.2 Å². The lowest BCUT2D eigenvalue weighted by molar-refractivity contribution is 0.361. The molecule has 0 fully saturated rings. The van der Waals surface area contributed by atoms with Gasteiger partial charge in [0.1, 0.15) is 17.6 Å². The average Bonchev–Trinajstić information content (AvgIpc) is 2.25. The van der Waals surface area contributed by atoms with Gasteiger partial charge in [-0.15, -0.1) is 0 Å². The Balaban J connectivity index is 2.77. The molecular formula is C12H15FN2O. The minimum Gasteiger partial charge on any atom is -0.478 e. The predicted molar refractivity (Wildman–Crippen MR) is 59.5 cm³/mol. The number of hydrogen-bond donors (Lipinski definition) is 1. The van der Waals surface area contributed by atoms with Gasteiger partial charge in [0.25, 0.3) is 0 Å². The van der Waals surface area contributed by atoms with E-state index in [1.807, 2.05) is 19.9 Å². The topological polar surface area (TPSA) is 45.0 Å². The number of rotatable bonds is 5. The summed E-state index contributed by atoms with van der Waals surface area (Å²) in [4.78, 5) is 0. The maximum Gasteiger partial charge on any atom is 0.174 e. The summed E-state index contributed by atoms with van der Waals surface area (Å²) in [6.45, 7) is 4.51. The second kappa shape index (κ2) is 6.09. The first-order chi connectivity index (χ1) is 7.63. The molecule has 4 heteroatoms. The number of nitrogens with zero attached hydrogens (tertiary/aromatic N) is 1. The molecule has 0 spiro atoms. The van der Waals surface area contributed by atoms with E-state index in [0.717, 1.165) is 5.56 Å². The Bertz CT molecular complexity index is 385. The maximum atomic E-state index is 13.0. The van der Waals surface area contributed by atoms with Crippen LogP contribution in [0.15, 0.2) is 18.2 Å². The van der Waals surface area contributed by atoms with Gasteiger partial charge in [-0.05, 0) is 18.2 Å². The Labute approximate surface area is 94.8 Å². The van der Waals surface area contributed by atoms with Crippen molar-refractivity contribution in [1.82, 2.24) is 5.32 Å². The molecule has 3 nitrogen and oxygen atoms in total. The third-order valence-corrected chi connectivity index (χ3v) is 2.02. The monoisotopic (exact) mass is 222 g/mol. The van der Waals surface area contributed by atoms with E-state index in [1.54, 1.807) is 6.07 Å². The Hall–Kier alpha value is -1.60. The van der Waals surface area contributed by atoms with E-state index in [4.69, 9.17) is 10.00 Å². The zero-order valence-electron chi connectivity index (χ0n) is 9.46. The summed E-state index contributed by atoms with van der Waals surface area (Å²) in [5, 5.41) is 11.6. The van der Waals surface area contributed by atoms with Crippen LogP contribution in [0.25, 0.3) is 0 Å². The fourth-order valence-corrected chi connectivity index (χ4v) is 1.25. The molecule has 0 saturated heterocycles. The van der Waals surface area contributed by atoms with Gasteiger partial charge < -0.3 is 10.1 Å². The van der Waals surface area contributed by atoms with Crippen LogP contribution in [0.1, 0.15) is 19.4 Å². The summed E-state index contributed by atoms with van der Waals surface area (Å²) in [5.74, 6) is 0.251. The molecular weight excluding hydrogens is 207 g/mol. The van der Waals surface area contributed by atoms with E-state index in [0.29, 0.717) is 18.3 Å². The first-order valence-corrected chi connectivity index (χ1v) is 5.15. The highest BCUT2D eigenvalue weighted by Crippen LogP contribution is 2.19. The number of nitriles is 1. The molecule has 0 atom stereocenters. The lowest BCUT2D eigenvalue weighted by Crippen LogP contribution is -2.22. The van der Waals surface area contributed by atoms with Gasteiger partial charge >= 0.3 is 0 Å². The zero-order chi connectivity index (χ0) is 12.0. The number of hydrogen-bond acceptors (Lipinski definition) is 3. The number of benzene rings is 1. The number of nitrogens with one attached hydrogen (secondary N) is 1. The maximum absolute atomic E-state index is 13.0. The SMILES string of the molecule is CC(C)NCc1cc(F)ccc1OCC#N. The fourth-order valence-electron chi connectivity index (χ4n) is 1.25. The Morgan fingerprint density at radius 1 is 1.50 bits per heavy atom. The van der Waals surface area contributed by atoms with Crippen molar-refractivity contribution in [2.24, 2.45) is 0 Å². The van der Waals surface area contributed by atoms with Gasteiger partial charge in [0.05, 0.1) is 0 Å². The van der Waals surface area contributed by atoms with Crippen LogP contribution in [0.2, 0.25) is 0 Å². The molecule has 0 amide bonds.